The number of amides is 1. The van der Waals surface area contributed by atoms with Gasteiger partial charge in [0.15, 0.2) is 0 Å². The summed E-state index contributed by atoms with van der Waals surface area (Å²) in [6, 6.07) is 15.6. The lowest BCUT2D eigenvalue weighted by Gasteiger charge is -2.20. The van der Waals surface area contributed by atoms with E-state index in [-0.39, 0.29) is 11.8 Å². The van der Waals surface area contributed by atoms with E-state index < -0.39 is 0 Å². The number of carbonyl (C=O) groups is 1. The van der Waals surface area contributed by atoms with Gasteiger partial charge in [-0.1, -0.05) is 60.7 Å². The van der Waals surface area contributed by atoms with E-state index >= 15 is 0 Å². The van der Waals surface area contributed by atoms with E-state index in [1.54, 1.807) is 18.5 Å². The number of para-hydroxylation sites is 1. The maximum atomic E-state index is 12.7. The van der Waals surface area contributed by atoms with Crippen LogP contribution in [0.1, 0.15) is 13.3 Å². The molecule has 1 N–H and O–H groups in total. The number of hydrogen-bond donors (Lipinski definition) is 1. The Morgan fingerprint density at radius 2 is 2.07 bits per heavy atom. The van der Waals surface area contributed by atoms with Gasteiger partial charge in [0.2, 0.25) is 5.91 Å². The summed E-state index contributed by atoms with van der Waals surface area (Å²) in [6.07, 6.45) is 9.95. The van der Waals surface area contributed by atoms with Crippen molar-refractivity contribution < 1.29 is 4.79 Å². The van der Waals surface area contributed by atoms with Crippen molar-refractivity contribution >= 4 is 39.7 Å². The maximum absolute atomic E-state index is 12.7. The van der Waals surface area contributed by atoms with Crippen molar-refractivity contribution in [1.29, 1.82) is 0 Å². The number of anilines is 2. The molecular formula is C25H26ClN3O. The smallest absolute Gasteiger partial charge is 0.229 e. The maximum Gasteiger partial charge on any atom is 0.229 e. The Bertz CT molecular complexity index is 1040. The minimum Gasteiger partial charge on any atom is -0.370 e. The van der Waals surface area contributed by atoms with Gasteiger partial charge in [-0.05, 0) is 37.6 Å². The number of nitrogens with one attached hydrogen (secondary N) is 1. The van der Waals surface area contributed by atoms with Crippen LogP contribution in [0, 0.1) is 5.92 Å². The largest absolute Gasteiger partial charge is 0.370 e. The van der Waals surface area contributed by atoms with Crippen LogP contribution in [0.2, 0.25) is 5.02 Å². The summed E-state index contributed by atoms with van der Waals surface area (Å²) in [6.45, 7) is 6.94. The highest BCUT2D eigenvalue weighted by Crippen LogP contribution is 2.31. The molecule has 1 aliphatic heterocycles. The van der Waals surface area contributed by atoms with Gasteiger partial charge in [-0.15, -0.1) is 0 Å². The Morgan fingerprint density at radius 3 is 2.80 bits per heavy atom. The van der Waals surface area contributed by atoms with Crippen molar-refractivity contribution in [1.82, 2.24) is 4.98 Å². The molecule has 1 aromatic heterocycles. The number of fused-ring (bicyclic) bond motifs is 1. The Balaban J connectivity index is 0.000000461. The topological polar surface area (TPSA) is 45.2 Å². The lowest BCUT2D eigenvalue weighted by molar-refractivity contribution is -0.119. The number of rotatable bonds is 4. The third kappa shape index (κ3) is 5.28. The van der Waals surface area contributed by atoms with Crippen molar-refractivity contribution in [3.05, 3.63) is 90.8 Å². The van der Waals surface area contributed by atoms with E-state index in [0.717, 1.165) is 40.1 Å². The van der Waals surface area contributed by atoms with Gasteiger partial charge in [-0.3, -0.25) is 9.78 Å². The first-order chi connectivity index (χ1) is 14.6. The van der Waals surface area contributed by atoms with Crippen LogP contribution in [0.25, 0.3) is 10.8 Å². The molecule has 0 aliphatic carbocycles. The van der Waals surface area contributed by atoms with Gasteiger partial charge in [0.05, 0.1) is 16.6 Å². The first-order valence-electron chi connectivity index (χ1n) is 10.0. The third-order valence-corrected chi connectivity index (χ3v) is 5.34. The molecule has 30 heavy (non-hydrogen) atoms. The molecule has 0 saturated carbocycles. The number of halogens is 1. The second kappa shape index (κ2) is 10.6. The zero-order valence-corrected chi connectivity index (χ0v) is 17.8. The van der Waals surface area contributed by atoms with E-state index in [1.165, 1.54) is 0 Å². The first-order valence-corrected chi connectivity index (χ1v) is 10.4. The van der Waals surface area contributed by atoms with Gasteiger partial charge in [-0.2, -0.15) is 0 Å². The lowest BCUT2D eigenvalue weighted by Crippen LogP contribution is -2.27. The van der Waals surface area contributed by atoms with Crippen LogP contribution in [-0.2, 0) is 4.79 Å². The SMILES string of the molecule is C=C/C=C\C.O=C(Nc1cccc2cnccc12)[C@@H]1CCN(c2ccccc2Cl)C1. The monoisotopic (exact) mass is 419 g/mol. The predicted octanol–water partition coefficient (Wildman–Crippen LogP) is 6.10. The summed E-state index contributed by atoms with van der Waals surface area (Å²) in [5.41, 5.74) is 1.83. The van der Waals surface area contributed by atoms with Crippen LogP contribution in [-0.4, -0.2) is 24.0 Å². The molecule has 0 radical (unpaired) electrons. The average molecular weight is 420 g/mol. The van der Waals surface area contributed by atoms with E-state index in [9.17, 15) is 4.79 Å². The van der Waals surface area contributed by atoms with Gasteiger partial charge < -0.3 is 10.2 Å². The molecule has 3 aromatic rings. The molecule has 154 valence electrons. The van der Waals surface area contributed by atoms with Gasteiger partial charge in [-0.25, -0.2) is 0 Å². The number of allylic oxidation sites excluding steroid dienone is 3. The fourth-order valence-corrected chi connectivity index (χ4v) is 3.76. The van der Waals surface area contributed by atoms with Crippen molar-refractivity contribution in [3.8, 4) is 0 Å². The Morgan fingerprint density at radius 1 is 1.23 bits per heavy atom. The summed E-state index contributed by atoms with van der Waals surface area (Å²) in [4.78, 5) is 19.0. The average Bonchev–Trinajstić information content (AvgIpc) is 3.26. The summed E-state index contributed by atoms with van der Waals surface area (Å²) in [7, 11) is 0. The highest BCUT2D eigenvalue weighted by atomic mass is 35.5. The summed E-state index contributed by atoms with van der Waals surface area (Å²) in [5.74, 6) is 0.00670. The minimum absolute atomic E-state index is 0.0478. The fourth-order valence-electron chi connectivity index (χ4n) is 3.50. The molecule has 5 heteroatoms. The zero-order valence-electron chi connectivity index (χ0n) is 17.1. The molecule has 0 bridgehead atoms. The number of pyridine rings is 1. The van der Waals surface area contributed by atoms with Crippen LogP contribution < -0.4 is 10.2 Å². The molecule has 4 rings (SSSR count). The third-order valence-electron chi connectivity index (χ3n) is 5.02. The van der Waals surface area contributed by atoms with Crippen LogP contribution >= 0.6 is 11.6 Å². The molecule has 0 spiro atoms. The molecule has 1 aliphatic rings. The molecule has 1 atom stereocenters. The van der Waals surface area contributed by atoms with Gasteiger partial charge in [0.1, 0.15) is 0 Å². The quantitative estimate of drug-likeness (QED) is 0.519. The number of carbonyl (C=O) groups excluding carboxylic acids is 1. The van der Waals surface area contributed by atoms with Crippen molar-refractivity contribution in [2.24, 2.45) is 5.92 Å². The molecule has 1 amide bonds. The zero-order chi connectivity index (χ0) is 21.3. The summed E-state index contributed by atoms with van der Waals surface area (Å²) in [5, 5.41) is 5.84. The fraction of sp³-hybridized carbons (Fsp3) is 0.200. The summed E-state index contributed by atoms with van der Waals surface area (Å²) < 4.78 is 0. The normalized spacial score (nSPS) is 15.7. The van der Waals surface area contributed by atoms with Gasteiger partial charge >= 0.3 is 0 Å². The van der Waals surface area contributed by atoms with Crippen molar-refractivity contribution in [2.45, 2.75) is 13.3 Å². The van der Waals surface area contributed by atoms with Crippen LogP contribution in [0.5, 0.6) is 0 Å². The highest BCUT2D eigenvalue weighted by molar-refractivity contribution is 6.33. The van der Waals surface area contributed by atoms with E-state index in [0.29, 0.717) is 6.54 Å². The predicted molar refractivity (Wildman–Crippen MR) is 127 cm³/mol. The van der Waals surface area contributed by atoms with Gasteiger partial charge in [0.25, 0.3) is 0 Å². The van der Waals surface area contributed by atoms with Crippen molar-refractivity contribution in [2.75, 3.05) is 23.3 Å². The van der Waals surface area contributed by atoms with Crippen LogP contribution in [0.4, 0.5) is 11.4 Å². The van der Waals surface area contributed by atoms with Gasteiger partial charge in [0, 0.05) is 41.9 Å². The lowest BCUT2D eigenvalue weighted by atomic mass is 10.1. The summed E-state index contributed by atoms with van der Waals surface area (Å²) >= 11 is 6.28. The number of aromatic nitrogens is 1. The minimum atomic E-state index is -0.0478. The number of nitrogens with zero attached hydrogens (tertiary/aromatic N) is 2. The first kappa shape index (κ1) is 21.6. The number of benzene rings is 2. The standard InChI is InChI=1S/C20H18ClN3O.C5H8/c21-17-5-1-2-7-19(17)24-11-9-15(13-24)20(25)23-18-6-3-4-14-12-22-10-8-16(14)18;1-3-5-4-2/h1-8,10,12,15H,9,11,13H2,(H,23,25);3-5H,1H2,2H3/b;5-4-/t15-;/m1./s1. The van der Waals surface area contributed by atoms with Crippen LogP contribution in [0.15, 0.2) is 85.7 Å². The second-order valence-corrected chi connectivity index (χ2v) is 7.44. The number of hydrogen-bond acceptors (Lipinski definition) is 3. The Kier molecular flexibility index (Phi) is 7.63. The highest BCUT2D eigenvalue weighted by Gasteiger charge is 2.29. The Hall–Kier alpha value is -3.11. The molecule has 2 heterocycles. The van der Waals surface area contributed by atoms with Crippen molar-refractivity contribution in [3.63, 3.8) is 0 Å². The molecule has 1 saturated heterocycles. The second-order valence-electron chi connectivity index (χ2n) is 7.04. The Labute approximate surface area is 182 Å². The molecule has 2 aromatic carbocycles. The van der Waals surface area contributed by atoms with E-state index in [4.69, 9.17) is 11.6 Å². The molecule has 1 fully saturated rings. The molecule has 0 unspecified atom stereocenters. The molecule has 4 nitrogen and oxygen atoms in total. The van der Waals surface area contributed by atoms with Crippen LogP contribution in [0.3, 0.4) is 0 Å². The van der Waals surface area contributed by atoms with E-state index in [2.05, 4.69) is 21.8 Å². The van der Waals surface area contributed by atoms with E-state index in [1.807, 2.05) is 67.6 Å². The molecular weight excluding hydrogens is 394 g/mol.